The van der Waals surface area contributed by atoms with Crippen LogP contribution in [0.2, 0.25) is 0 Å². The highest BCUT2D eigenvalue weighted by Crippen LogP contribution is 2.21. The van der Waals surface area contributed by atoms with Gasteiger partial charge in [0.05, 0.1) is 13.2 Å². The molecule has 0 N–H and O–H groups in total. The standard InChI is InChI=1S/C13H18N2O3/c1-2-17-10-13(16)15-7-8-18-12(9-15)11-3-5-14-6-4-11/h3-6,12H,2,7-10H2,1H3. The largest absolute Gasteiger partial charge is 0.372 e. The van der Waals surface area contributed by atoms with Gasteiger partial charge in [0.15, 0.2) is 0 Å². The van der Waals surface area contributed by atoms with Gasteiger partial charge in [-0.2, -0.15) is 0 Å². The number of aromatic nitrogens is 1. The molecule has 0 aromatic carbocycles. The molecule has 1 atom stereocenters. The molecule has 0 spiro atoms. The molecule has 1 amide bonds. The van der Waals surface area contributed by atoms with E-state index in [0.717, 1.165) is 5.56 Å². The van der Waals surface area contributed by atoms with E-state index in [0.29, 0.717) is 26.3 Å². The zero-order valence-electron chi connectivity index (χ0n) is 10.5. The molecule has 0 saturated carbocycles. The van der Waals surface area contributed by atoms with Crippen molar-refractivity contribution in [1.29, 1.82) is 0 Å². The topological polar surface area (TPSA) is 51.7 Å². The summed E-state index contributed by atoms with van der Waals surface area (Å²) < 4.78 is 10.8. The van der Waals surface area contributed by atoms with Gasteiger partial charge in [-0.3, -0.25) is 9.78 Å². The molecule has 1 aliphatic heterocycles. The molecule has 1 fully saturated rings. The number of carbonyl (C=O) groups excluding carboxylic acids is 1. The monoisotopic (exact) mass is 250 g/mol. The third kappa shape index (κ3) is 3.27. The number of pyridine rings is 1. The summed E-state index contributed by atoms with van der Waals surface area (Å²) in [5, 5.41) is 0. The van der Waals surface area contributed by atoms with Crippen LogP contribution in [0.5, 0.6) is 0 Å². The Bertz CT molecular complexity index is 383. The minimum absolute atomic E-state index is 0.0270. The van der Waals surface area contributed by atoms with Crippen molar-refractivity contribution in [2.75, 3.05) is 32.9 Å². The van der Waals surface area contributed by atoms with Gasteiger partial charge in [0.25, 0.3) is 0 Å². The predicted octanol–water partition coefficient (Wildman–Crippen LogP) is 1.02. The van der Waals surface area contributed by atoms with Gasteiger partial charge in [-0.1, -0.05) is 0 Å². The fraction of sp³-hybridized carbons (Fsp3) is 0.538. The van der Waals surface area contributed by atoms with Crippen molar-refractivity contribution >= 4 is 5.91 Å². The van der Waals surface area contributed by atoms with E-state index >= 15 is 0 Å². The molecule has 2 heterocycles. The van der Waals surface area contributed by atoms with E-state index in [2.05, 4.69) is 4.98 Å². The molecule has 18 heavy (non-hydrogen) atoms. The van der Waals surface area contributed by atoms with E-state index in [1.807, 2.05) is 19.1 Å². The average molecular weight is 250 g/mol. The van der Waals surface area contributed by atoms with Crippen LogP contribution in [0.25, 0.3) is 0 Å². The third-order valence-electron chi connectivity index (χ3n) is 2.93. The predicted molar refractivity (Wildman–Crippen MR) is 66.0 cm³/mol. The molecule has 5 heteroatoms. The Hall–Kier alpha value is -1.46. The number of carbonyl (C=O) groups is 1. The molecule has 1 aliphatic rings. The number of hydrogen-bond acceptors (Lipinski definition) is 4. The first-order chi connectivity index (χ1) is 8.81. The molecule has 1 aromatic rings. The van der Waals surface area contributed by atoms with Crippen molar-refractivity contribution in [1.82, 2.24) is 9.88 Å². The van der Waals surface area contributed by atoms with E-state index in [9.17, 15) is 4.79 Å². The highest BCUT2D eigenvalue weighted by atomic mass is 16.5. The summed E-state index contributed by atoms with van der Waals surface area (Å²) in [5.41, 5.74) is 1.05. The van der Waals surface area contributed by atoms with Crippen LogP contribution in [-0.4, -0.2) is 48.7 Å². The van der Waals surface area contributed by atoms with Gasteiger partial charge >= 0.3 is 0 Å². The molecule has 1 aromatic heterocycles. The lowest BCUT2D eigenvalue weighted by molar-refractivity contribution is -0.143. The maximum Gasteiger partial charge on any atom is 0.248 e. The maximum atomic E-state index is 11.9. The third-order valence-corrected chi connectivity index (χ3v) is 2.93. The van der Waals surface area contributed by atoms with Crippen LogP contribution < -0.4 is 0 Å². The first-order valence-electron chi connectivity index (χ1n) is 6.18. The molecule has 98 valence electrons. The Kier molecular flexibility index (Phi) is 4.66. The van der Waals surface area contributed by atoms with Gasteiger partial charge in [-0.25, -0.2) is 0 Å². The fourth-order valence-electron chi connectivity index (χ4n) is 1.94. The fourth-order valence-corrected chi connectivity index (χ4v) is 1.94. The second kappa shape index (κ2) is 6.47. The first kappa shape index (κ1) is 13.0. The second-order valence-corrected chi connectivity index (χ2v) is 4.12. The molecule has 2 rings (SSSR count). The average Bonchev–Trinajstić information content (AvgIpc) is 2.46. The zero-order chi connectivity index (χ0) is 12.8. The molecule has 0 aliphatic carbocycles. The van der Waals surface area contributed by atoms with Crippen molar-refractivity contribution < 1.29 is 14.3 Å². The number of ether oxygens (including phenoxy) is 2. The van der Waals surface area contributed by atoms with Crippen LogP contribution in [0.4, 0.5) is 0 Å². The quantitative estimate of drug-likeness (QED) is 0.800. The molecule has 1 saturated heterocycles. The van der Waals surface area contributed by atoms with Gasteiger partial charge < -0.3 is 14.4 Å². The number of nitrogens with zero attached hydrogens (tertiary/aromatic N) is 2. The Labute approximate surface area is 107 Å². The van der Waals surface area contributed by atoms with E-state index in [4.69, 9.17) is 9.47 Å². The number of amides is 1. The SMILES string of the molecule is CCOCC(=O)N1CCOC(c2ccncc2)C1. The van der Waals surface area contributed by atoms with Crippen LogP contribution in [-0.2, 0) is 14.3 Å². The maximum absolute atomic E-state index is 11.9. The van der Waals surface area contributed by atoms with Crippen molar-refractivity contribution in [3.63, 3.8) is 0 Å². The molecule has 1 unspecified atom stereocenters. The highest BCUT2D eigenvalue weighted by Gasteiger charge is 2.25. The minimum Gasteiger partial charge on any atom is -0.372 e. The lowest BCUT2D eigenvalue weighted by atomic mass is 10.1. The molecule has 0 radical (unpaired) electrons. The smallest absolute Gasteiger partial charge is 0.248 e. The summed E-state index contributed by atoms with van der Waals surface area (Å²) in [4.78, 5) is 17.6. The number of hydrogen-bond donors (Lipinski definition) is 0. The van der Waals surface area contributed by atoms with E-state index < -0.39 is 0 Å². The Balaban J connectivity index is 1.94. The summed E-state index contributed by atoms with van der Waals surface area (Å²) in [6.07, 6.45) is 3.41. The van der Waals surface area contributed by atoms with Gasteiger partial charge in [0.1, 0.15) is 12.7 Å². The Morgan fingerprint density at radius 1 is 1.56 bits per heavy atom. The Morgan fingerprint density at radius 2 is 2.33 bits per heavy atom. The van der Waals surface area contributed by atoms with Crippen LogP contribution in [0.3, 0.4) is 0 Å². The summed E-state index contributed by atoms with van der Waals surface area (Å²) >= 11 is 0. The number of rotatable bonds is 4. The summed E-state index contributed by atoms with van der Waals surface area (Å²) in [6.45, 7) is 4.37. The van der Waals surface area contributed by atoms with Crippen molar-refractivity contribution in [3.8, 4) is 0 Å². The Morgan fingerprint density at radius 3 is 3.06 bits per heavy atom. The summed E-state index contributed by atoms with van der Waals surface area (Å²) in [6, 6.07) is 3.84. The molecule has 0 bridgehead atoms. The zero-order valence-corrected chi connectivity index (χ0v) is 10.5. The highest BCUT2D eigenvalue weighted by molar-refractivity contribution is 5.77. The van der Waals surface area contributed by atoms with Crippen molar-refractivity contribution in [3.05, 3.63) is 30.1 Å². The second-order valence-electron chi connectivity index (χ2n) is 4.12. The molecular formula is C13H18N2O3. The van der Waals surface area contributed by atoms with Gasteiger partial charge in [-0.05, 0) is 24.6 Å². The van der Waals surface area contributed by atoms with Gasteiger partial charge in [0.2, 0.25) is 5.91 Å². The van der Waals surface area contributed by atoms with Crippen LogP contribution in [0.1, 0.15) is 18.6 Å². The lowest BCUT2D eigenvalue weighted by Gasteiger charge is -2.33. The molecular weight excluding hydrogens is 232 g/mol. The van der Waals surface area contributed by atoms with Crippen molar-refractivity contribution in [2.45, 2.75) is 13.0 Å². The van der Waals surface area contributed by atoms with Crippen LogP contribution in [0, 0.1) is 0 Å². The van der Waals surface area contributed by atoms with E-state index in [-0.39, 0.29) is 18.6 Å². The summed E-state index contributed by atoms with van der Waals surface area (Å²) in [7, 11) is 0. The number of morpholine rings is 1. The lowest BCUT2D eigenvalue weighted by Crippen LogP contribution is -2.43. The minimum atomic E-state index is -0.0627. The van der Waals surface area contributed by atoms with Crippen LogP contribution >= 0.6 is 0 Å². The summed E-state index contributed by atoms with van der Waals surface area (Å²) in [5.74, 6) is 0.0270. The van der Waals surface area contributed by atoms with Crippen molar-refractivity contribution in [2.24, 2.45) is 0 Å². The van der Waals surface area contributed by atoms with Gasteiger partial charge in [-0.15, -0.1) is 0 Å². The van der Waals surface area contributed by atoms with E-state index in [1.54, 1.807) is 17.3 Å². The van der Waals surface area contributed by atoms with Crippen LogP contribution in [0.15, 0.2) is 24.5 Å². The van der Waals surface area contributed by atoms with Gasteiger partial charge in [0, 0.05) is 25.5 Å². The first-order valence-corrected chi connectivity index (χ1v) is 6.18. The normalized spacial score (nSPS) is 19.8. The molecule has 5 nitrogen and oxygen atoms in total. The van der Waals surface area contributed by atoms with E-state index in [1.165, 1.54) is 0 Å².